The van der Waals surface area contributed by atoms with Crippen molar-refractivity contribution in [3.8, 4) is 17.6 Å². The van der Waals surface area contributed by atoms with Gasteiger partial charge in [-0.3, -0.25) is 0 Å². The van der Waals surface area contributed by atoms with Crippen LogP contribution in [0.15, 0.2) is 48.5 Å². The average molecular weight is 280 g/mol. The highest BCUT2D eigenvalue weighted by Gasteiger charge is 2.06. The maximum atomic E-state index is 8.91. The van der Waals surface area contributed by atoms with Gasteiger partial charge >= 0.3 is 0 Å². The lowest BCUT2D eigenvalue weighted by atomic mass is 10.1. The lowest BCUT2D eigenvalue weighted by molar-refractivity contribution is 0.479. The Labute approximate surface area is 126 Å². The van der Waals surface area contributed by atoms with Crippen LogP contribution in [0.2, 0.25) is 0 Å². The summed E-state index contributed by atoms with van der Waals surface area (Å²) in [5, 5.41) is 12.4. The van der Waals surface area contributed by atoms with Gasteiger partial charge in [0.05, 0.1) is 11.6 Å². The number of ether oxygens (including phenoxy) is 1. The summed E-state index contributed by atoms with van der Waals surface area (Å²) in [6.07, 6.45) is 1.11. The lowest BCUT2D eigenvalue weighted by Crippen LogP contribution is -2.19. The Morgan fingerprint density at radius 2 is 1.86 bits per heavy atom. The summed E-state index contributed by atoms with van der Waals surface area (Å²) in [6.45, 7) is 5.29. The molecule has 0 aliphatic heterocycles. The number of hydrogen-bond donors (Lipinski definition) is 1. The Hall–Kier alpha value is -2.31. The highest BCUT2D eigenvalue weighted by Crippen LogP contribution is 2.25. The minimum Gasteiger partial charge on any atom is -0.457 e. The molecule has 0 amide bonds. The maximum absolute atomic E-state index is 8.91. The van der Waals surface area contributed by atoms with Crippen molar-refractivity contribution >= 4 is 0 Å². The zero-order valence-electron chi connectivity index (χ0n) is 12.5. The van der Waals surface area contributed by atoms with Gasteiger partial charge in [0.2, 0.25) is 0 Å². The van der Waals surface area contributed by atoms with Gasteiger partial charge in [0.1, 0.15) is 11.5 Å². The maximum Gasteiger partial charge on any atom is 0.128 e. The SMILES string of the molecule is CCCNC(C)c1cccc(Oc2cccc(C#N)c2)c1. The Morgan fingerprint density at radius 3 is 2.57 bits per heavy atom. The van der Waals surface area contributed by atoms with E-state index in [0.29, 0.717) is 17.4 Å². The van der Waals surface area contributed by atoms with Gasteiger partial charge in [-0.1, -0.05) is 25.1 Å². The van der Waals surface area contributed by atoms with Crippen molar-refractivity contribution < 1.29 is 4.74 Å². The van der Waals surface area contributed by atoms with Crippen molar-refractivity contribution in [1.82, 2.24) is 5.32 Å². The van der Waals surface area contributed by atoms with E-state index < -0.39 is 0 Å². The second-order valence-corrected chi connectivity index (χ2v) is 4.99. The van der Waals surface area contributed by atoms with Crippen LogP contribution in [0.1, 0.15) is 37.4 Å². The molecule has 1 unspecified atom stereocenters. The average Bonchev–Trinajstić information content (AvgIpc) is 2.53. The molecule has 3 nitrogen and oxygen atoms in total. The molecular formula is C18H20N2O. The van der Waals surface area contributed by atoms with Crippen LogP contribution in [-0.4, -0.2) is 6.54 Å². The first-order chi connectivity index (χ1) is 10.2. The molecule has 2 aromatic carbocycles. The molecule has 1 atom stereocenters. The Morgan fingerprint density at radius 1 is 1.14 bits per heavy atom. The number of nitrogens with one attached hydrogen (secondary N) is 1. The number of benzene rings is 2. The molecule has 2 rings (SSSR count). The molecule has 0 saturated heterocycles. The van der Waals surface area contributed by atoms with E-state index in [1.165, 1.54) is 5.56 Å². The van der Waals surface area contributed by atoms with Crippen LogP contribution in [0.5, 0.6) is 11.5 Å². The van der Waals surface area contributed by atoms with E-state index in [2.05, 4.69) is 31.3 Å². The van der Waals surface area contributed by atoms with Gasteiger partial charge in [0.15, 0.2) is 0 Å². The monoisotopic (exact) mass is 280 g/mol. The second kappa shape index (κ2) is 7.47. The minimum atomic E-state index is 0.291. The zero-order valence-corrected chi connectivity index (χ0v) is 12.5. The highest BCUT2D eigenvalue weighted by molar-refractivity contribution is 5.40. The fourth-order valence-corrected chi connectivity index (χ4v) is 2.09. The molecule has 108 valence electrons. The normalized spacial score (nSPS) is 11.7. The van der Waals surface area contributed by atoms with Gasteiger partial charge in [-0.15, -0.1) is 0 Å². The Kier molecular flexibility index (Phi) is 5.36. The van der Waals surface area contributed by atoms with Crippen LogP contribution >= 0.6 is 0 Å². The third-order valence-corrected chi connectivity index (χ3v) is 3.26. The molecule has 3 heteroatoms. The minimum absolute atomic E-state index is 0.291. The summed E-state index contributed by atoms with van der Waals surface area (Å²) in [4.78, 5) is 0. The van der Waals surface area contributed by atoms with Crippen molar-refractivity contribution in [2.45, 2.75) is 26.3 Å². The van der Waals surface area contributed by atoms with Gasteiger partial charge in [-0.25, -0.2) is 0 Å². The van der Waals surface area contributed by atoms with Crippen LogP contribution in [0, 0.1) is 11.3 Å². The number of hydrogen-bond acceptors (Lipinski definition) is 3. The summed E-state index contributed by atoms with van der Waals surface area (Å²) in [5.74, 6) is 1.47. The predicted molar refractivity (Wildman–Crippen MR) is 84.4 cm³/mol. The Balaban J connectivity index is 2.12. The van der Waals surface area contributed by atoms with Gasteiger partial charge in [0.25, 0.3) is 0 Å². The first-order valence-electron chi connectivity index (χ1n) is 7.24. The van der Waals surface area contributed by atoms with Crippen LogP contribution in [-0.2, 0) is 0 Å². The molecule has 1 N–H and O–H groups in total. The van der Waals surface area contributed by atoms with Gasteiger partial charge in [0, 0.05) is 6.04 Å². The van der Waals surface area contributed by atoms with Crippen molar-refractivity contribution in [2.75, 3.05) is 6.54 Å². The second-order valence-electron chi connectivity index (χ2n) is 4.99. The molecule has 0 aromatic heterocycles. The summed E-state index contributed by atoms with van der Waals surface area (Å²) in [6, 6.07) is 17.6. The quantitative estimate of drug-likeness (QED) is 0.852. The molecule has 2 aromatic rings. The van der Waals surface area contributed by atoms with E-state index in [4.69, 9.17) is 10.00 Å². The third kappa shape index (κ3) is 4.34. The van der Waals surface area contributed by atoms with Crippen molar-refractivity contribution in [3.05, 3.63) is 59.7 Å². The third-order valence-electron chi connectivity index (χ3n) is 3.26. The summed E-state index contributed by atoms with van der Waals surface area (Å²) in [5.41, 5.74) is 1.79. The molecule has 0 bridgehead atoms. The predicted octanol–water partition coefficient (Wildman–Crippen LogP) is 4.41. The fourth-order valence-electron chi connectivity index (χ4n) is 2.09. The molecule has 0 fully saturated rings. The molecule has 0 radical (unpaired) electrons. The Bertz CT molecular complexity index is 631. The summed E-state index contributed by atoms with van der Waals surface area (Å²) < 4.78 is 5.84. The highest BCUT2D eigenvalue weighted by atomic mass is 16.5. The standard InChI is InChI=1S/C18H20N2O/c1-3-10-20-14(2)16-7-5-9-18(12-16)21-17-8-4-6-15(11-17)13-19/h4-9,11-12,14,20H,3,10H2,1-2H3. The van der Waals surface area contributed by atoms with Crippen LogP contribution in [0.4, 0.5) is 0 Å². The van der Waals surface area contributed by atoms with E-state index in [9.17, 15) is 0 Å². The zero-order chi connectivity index (χ0) is 15.1. The summed E-state index contributed by atoms with van der Waals surface area (Å²) in [7, 11) is 0. The molecule has 0 aliphatic rings. The van der Waals surface area contributed by atoms with Gasteiger partial charge in [-0.05, 0) is 55.8 Å². The number of rotatable bonds is 6. The van der Waals surface area contributed by atoms with Gasteiger partial charge in [-0.2, -0.15) is 5.26 Å². The van der Waals surface area contributed by atoms with E-state index in [-0.39, 0.29) is 0 Å². The fraction of sp³-hybridized carbons (Fsp3) is 0.278. The van der Waals surface area contributed by atoms with Crippen LogP contribution in [0.25, 0.3) is 0 Å². The molecule has 0 heterocycles. The van der Waals surface area contributed by atoms with E-state index >= 15 is 0 Å². The molecule has 0 saturated carbocycles. The van der Waals surface area contributed by atoms with Crippen molar-refractivity contribution in [3.63, 3.8) is 0 Å². The van der Waals surface area contributed by atoms with E-state index in [1.54, 1.807) is 12.1 Å². The van der Waals surface area contributed by atoms with Gasteiger partial charge < -0.3 is 10.1 Å². The van der Waals surface area contributed by atoms with Crippen LogP contribution < -0.4 is 10.1 Å². The topological polar surface area (TPSA) is 45.0 Å². The first-order valence-corrected chi connectivity index (χ1v) is 7.24. The number of nitrogens with zero attached hydrogens (tertiary/aromatic N) is 1. The summed E-state index contributed by atoms with van der Waals surface area (Å²) >= 11 is 0. The molecule has 21 heavy (non-hydrogen) atoms. The van der Waals surface area contributed by atoms with Crippen LogP contribution in [0.3, 0.4) is 0 Å². The molecule has 0 spiro atoms. The molecule has 0 aliphatic carbocycles. The lowest BCUT2D eigenvalue weighted by Gasteiger charge is -2.15. The number of nitriles is 1. The van der Waals surface area contributed by atoms with Crippen molar-refractivity contribution in [2.24, 2.45) is 0 Å². The van der Waals surface area contributed by atoms with Crippen molar-refractivity contribution in [1.29, 1.82) is 5.26 Å². The van der Waals surface area contributed by atoms with E-state index in [0.717, 1.165) is 18.7 Å². The van der Waals surface area contributed by atoms with E-state index in [1.807, 2.05) is 30.3 Å². The molecular weight excluding hydrogens is 260 g/mol. The first kappa shape index (κ1) is 15.1. The smallest absolute Gasteiger partial charge is 0.128 e. The largest absolute Gasteiger partial charge is 0.457 e.